The van der Waals surface area contributed by atoms with Crippen molar-refractivity contribution in [1.82, 2.24) is 9.97 Å². The number of hydrogen-bond donors (Lipinski definition) is 3. The molecule has 4 N–H and O–H groups in total. The number of aryl methyl sites for hydroxylation is 1. The van der Waals surface area contributed by atoms with Crippen molar-refractivity contribution in [2.24, 2.45) is 0 Å². The molecule has 19 heavy (non-hydrogen) atoms. The Labute approximate surface area is 111 Å². The fourth-order valence-electron chi connectivity index (χ4n) is 1.76. The second kappa shape index (κ2) is 5.43. The van der Waals surface area contributed by atoms with E-state index in [1.807, 2.05) is 13.0 Å². The third-order valence-corrected chi connectivity index (χ3v) is 2.83. The van der Waals surface area contributed by atoms with Crippen molar-refractivity contribution in [1.29, 1.82) is 0 Å². The van der Waals surface area contributed by atoms with Gasteiger partial charge in [0, 0.05) is 17.6 Å². The van der Waals surface area contributed by atoms with Gasteiger partial charge >= 0.3 is 5.97 Å². The van der Waals surface area contributed by atoms with Crippen LogP contribution >= 0.6 is 0 Å². The Kier molecular flexibility index (Phi) is 3.70. The molecule has 1 aromatic heterocycles. The summed E-state index contributed by atoms with van der Waals surface area (Å²) >= 11 is 0. The number of nitrogens with zero attached hydrogens (tertiary/aromatic N) is 1. The molecular formula is C13H16N4O2. The maximum Gasteiger partial charge on any atom is 0.340 e. The first-order valence-corrected chi connectivity index (χ1v) is 5.81. The Bertz CT molecular complexity index is 579. The van der Waals surface area contributed by atoms with Crippen molar-refractivity contribution in [2.45, 2.75) is 13.5 Å². The van der Waals surface area contributed by atoms with Crippen molar-refractivity contribution in [3.05, 3.63) is 41.5 Å². The Balaban J connectivity index is 2.21. The zero-order chi connectivity index (χ0) is 13.8. The van der Waals surface area contributed by atoms with Gasteiger partial charge in [0.2, 0.25) is 0 Å². The number of nitrogens with one attached hydrogen (secondary N) is 2. The van der Waals surface area contributed by atoms with E-state index in [4.69, 9.17) is 10.5 Å². The number of H-pyrrole nitrogens is 1. The Hall–Kier alpha value is -2.50. The van der Waals surface area contributed by atoms with Crippen LogP contribution in [0, 0.1) is 6.92 Å². The van der Waals surface area contributed by atoms with Gasteiger partial charge in [-0.15, -0.1) is 0 Å². The van der Waals surface area contributed by atoms with E-state index in [1.165, 1.54) is 7.11 Å². The molecular weight excluding hydrogens is 244 g/mol. The zero-order valence-corrected chi connectivity index (χ0v) is 10.9. The van der Waals surface area contributed by atoms with Crippen LogP contribution in [0.4, 0.5) is 11.4 Å². The maximum atomic E-state index is 11.6. The lowest BCUT2D eigenvalue weighted by Crippen LogP contribution is -2.09. The van der Waals surface area contributed by atoms with Crippen molar-refractivity contribution in [2.75, 3.05) is 18.2 Å². The summed E-state index contributed by atoms with van der Waals surface area (Å²) in [6, 6.07) is 3.57. The van der Waals surface area contributed by atoms with Gasteiger partial charge in [0.25, 0.3) is 0 Å². The summed E-state index contributed by atoms with van der Waals surface area (Å²) in [6.07, 6.45) is 3.35. The lowest BCUT2D eigenvalue weighted by Gasteiger charge is -2.11. The predicted octanol–water partition coefficient (Wildman–Crippen LogP) is 1.70. The third-order valence-electron chi connectivity index (χ3n) is 2.83. The van der Waals surface area contributed by atoms with E-state index < -0.39 is 5.97 Å². The van der Waals surface area contributed by atoms with Gasteiger partial charge in [-0.2, -0.15) is 0 Å². The Morgan fingerprint density at radius 3 is 2.95 bits per heavy atom. The summed E-state index contributed by atoms with van der Waals surface area (Å²) in [4.78, 5) is 18.6. The number of benzene rings is 1. The number of carbonyl (C=O) groups is 1. The van der Waals surface area contributed by atoms with Crippen molar-refractivity contribution >= 4 is 17.3 Å². The minimum atomic E-state index is -0.439. The summed E-state index contributed by atoms with van der Waals surface area (Å²) in [5, 5.41) is 3.20. The first-order chi connectivity index (χ1) is 9.11. The number of esters is 1. The quantitative estimate of drug-likeness (QED) is 0.574. The van der Waals surface area contributed by atoms with Crippen LogP contribution in [0.3, 0.4) is 0 Å². The van der Waals surface area contributed by atoms with Crippen LogP contribution in [0.15, 0.2) is 24.7 Å². The summed E-state index contributed by atoms with van der Waals surface area (Å²) in [7, 11) is 1.34. The fraction of sp³-hybridized carbons (Fsp3) is 0.231. The maximum absolute atomic E-state index is 11.6. The molecule has 0 amide bonds. The molecule has 0 fully saturated rings. The molecule has 2 rings (SSSR count). The van der Waals surface area contributed by atoms with Gasteiger partial charge in [-0.05, 0) is 24.6 Å². The molecule has 6 heteroatoms. The highest BCUT2D eigenvalue weighted by atomic mass is 16.5. The highest BCUT2D eigenvalue weighted by Gasteiger charge is 2.13. The summed E-state index contributed by atoms with van der Waals surface area (Å²) < 4.78 is 4.71. The Morgan fingerprint density at radius 2 is 2.32 bits per heavy atom. The predicted molar refractivity (Wildman–Crippen MR) is 72.8 cm³/mol. The number of aromatic amines is 1. The minimum Gasteiger partial charge on any atom is -0.465 e. The van der Waals surface area contributed by atoms with E-state index in [1.54, 1.807) is 18.6 Å². The van der Waals surface area contributed by atoms with Crippen LogP contribution in [0.25, 0.3) is 0 Å². The van der Waals surface area contributed by atoms with Crippen LogP contribution in [-0.2, 0) is 11.3 Å². The summed E-state index contributed by atoms with van der Waals surface area (Å²) in [6.45, 7) is 2.44. The standard InChI is InChI=1S/C13H16N4O2/c1-8-3-9(16-6-10-5-15-7-17-10)4-11(12(8)14)13(18)19-2/h3-5,7,16H,6,14H2,1-2H3,(H,15,17). The average Bonchev–Trinajstić information content (AvgIpc) is 2.92. The van der Waals surface area contributed by atoms with Crippen molar-refractivity contribution in [3.8, 4) is 0 Å². The largest absolute Gasteiger partial charge is 0.465 e. The van der Waals surface area contributed by atoms with Crippen LogP contribution in [0.1, 0.15) is 21.6 Å². The monoisotopic (exact) mass is 260 g/mol. The van der Waals surface area contributed by atoms with E-state index in [0.717, 1.165) is 16.9 Å². The normalized spacial score (nSPS) is 10.2. The second-order valence-corrected chi connectivity index (χ2v) is 4.18. The smallest absolute Gasteiger partial charge is 0.340 e. The van der Waals surface area contributed by atoms with Gasteiger partial charge in [-0.25, -0.2) is 9.78 Å². The topological polar surface area (TPSA) is 93.0 Å². The number of imidazole rings is 1. The number of carbonyl (C=O) groups excluding carboxylic acids is 1. The molecule has 0 saturated heterocycles. The van der Waals surface area contributed by atoms with Gasteiger partial charge in [0.15, 0.2) is 0 Å². The molecule has 0 aliphatic carbocycles. The number of nitrogen functional groups attached to an aromatic ring is 1. The van der Waals surface area contributed by atoms with Gasteiger partial charge in [-0.1, -0.05) is 0 Å². The summed E-state index contributed by atoms with van der Waals surface area (Å²) in [5.74, 6) is -0.439. The number of ether oxygens (including phenoxy) is 1. The molecule has 100 valence electrons. The van der Waals surface area contributed by atoms with E-state index in [9.17, 15) is 4.79 Å². The van der Waals surface area contributed by atoms with Crippen molar-refractivity contribution in [3.63, 3.8) is 0 Å². The lowest BCUT2D eigenvalue weighted by atomic mass is 10.1. The number of aromatic nitrogens is 2. The van der Waals surface area contributed by atoms with Crippen molar-refractivity contribution < 1.29 is 9.53 Å². The second-order valence-electron chi connectivity index (χ2n) is 4.18. The van der Waals surface area contributed by atoms with E-state index in [0.29, 0.717) is 17.8 Å². The molecule has 0 spiro atoms. The molecule has 0 aliphatic heterocycles. The molecule has 6 nitrogen and oxygen atoms in total. The number of rotatable bonds is 4. The number of nitrogens with two attached hydrogens (primary N) is 1. The molecule has 1 aromatic carbocycles. The Morgan fingerprint density at radius 1 is 1.53 bits per heavy atom. The van der Waals surface area contributed by atoms with E-state index >= 15 is 0 Å². The van der Waals surface area contributed by atoms with Crippen LogP contribution < -0.4 is 11.1 Å². The highest BCUT2D eigenvalue weighted by Crippen LogP contribution is 2.23. The van der Waals surface area contributed by atoms with Crippen LogP contribution in [-0.4, -0.2) is 23.0 Å². The molecule has 0 aliphatic rings. The van der Waals surface area contributed by atoms with E-state index in [-0.39, 0.29) is 0 Å². The molecule has 2 aromatic rings. The average molecular weight is 260 g/mol. The molecule has 1 heterocycles. The van der Waals surface area contributed by atoms with Crippen LogP contribution in [0.5, 0.6) is 0 Å². The highest BCUT2D eigenvalue weighted by molar-refractivity contribution is 5.97. The number of hydrogen-bond acceptors (Lipinski definition) is 5. The van der Waals surface area contributed by atoms with E-state index in [2.05, 4.69) is 15.3 Å². The zero-order valence-electron chi connectivity index (χ0n) is 10.9. The minimum absolute atomic E-state index is 0.370. The number of methoxy groups -OCH3 is 1. The summed E-state index contributed by atoms with van der Waals surface area (Å²) in [5.41, 5.74) is 9.28. The van der Waals surface area contributed by atoms with Crippen LogP contribution in [0.2, 0.25) is 0 Å². The molecule has 0 unspecified atom stereocenters. The SMILES string of the molecule is COC(=O)c1cc(NCc2cnc[nH]2)cc(C)c1N. The van der Waals surface area contributed by atoms with Gasteiger partial charge in [-0.3, -0.25) is 0 Å². The first kappa shape index (κ1) is 12.9. The molecule has 0 saturated carbocycles. The third kappa shape index (κ3) is 2.85. The lowest BCUT2D eigenvalue weighted by molar-refractivity contribution is 0.0602. The molecule has 0 atom stereocenters. The van der Waals surface area contributed by atoms with Gasteiger partial charge in [0.1, 0.15) is 0 Å². The molecule has 0 bridgehead atoms. The van der Waals surface area contributed by atoms with Gasteiger partial charge in [0.05, 0.1) is 31.2 Å². The fourth-order valence-corrected chi connectivity index (χ4v) is 1.76. The first-order valence-electron chi connectivity index (χ1n) is 5.81. The molecule has 0 radical (unpaired) electrons. The van der Waals surface area contributed by atoms with Gasteiger partial charge < -0.3 is 20.8 Å². The number of anilines is 2.